The molecule has 1 unspecified atom stereocenters. The maximum absolute atomic E-state index is 12.7. The summed E-state index contributed by atoms with van der Waals surface area (Å²) in [5.41, 5.74) is 3.72. The van der Waals surface area contributed by atoms with Crippen LogP contribution < -0.4 is 0 Å². The Morgan fingerprint density at radius 1 is 1.12 bits per heavy atom. The van der Waals surface area contributed by atoms with Crippen molar-refractivity contribution in [2.75, 3.05) is 0 Å². The maximum atomic E-state index is 12.7. The van der Waals surface area contributed by atoms with Gasteiger partial charge in [-0.1, -0.05) is 36.8 Å². The first-order valence-corrected chi connectivity index (χ1v) is 11.3. The fourth-order valence-electron chi connectivity index (χ4n) is 4.21. The molecule has 4 rings (SSSR count). The third-order valence-electron chi connectivity index (χ3n) is 5.99. The van der Waals surface area contributed by atoms with Crippen LogP contribution in [0.2, 0.25) is 0 Å². The SMILES string of the molecule is CC(C)(O)CCCCc1ccc2nc(CCC(=O)C3=CC(=O)C4C=CC=CC4=C3)cn2c1. The molecule has 0 bridgehead atoms. The highest BCUT2D eigenvalue weighted by atomic mass is 16.3. The van der Waals surface area contributed by atoms with Crippen molar-refractivity contribution in [2.45, 2.75) is 58.0 Å². The predicted octanol–water partition coefficient (Wildman–Crippen LogP) is 4.50. The number of hydrogen-bond donors (Lipinski definition) is 1. The Morgan fingerprint density at radius 2 is 1.97 bits per heavy atom. The number of hydrogen-bond acceptors (Lipinski definition) is 4. The van der Waals surface area contributed by atoms with Crippen LogP contribution in [0.1, 0.15) is 50.8 Å². The number of aliphatic hydroxyl groups is 1. The van der Waals surface area contributed by atoms with Crippen LogP contribution in [-0.4, -0.2) is 31.7 Å². The second-order valence-corrected chi connectivity index (χ2v) is 9.35. The molecule has 0 radical (unpaired) electrons. The molecular weight excluding hydrogens is 400 g/mol. The quantitative estimate of drug-likeness (QED) is 0.595. The molecule has 166 valence electrons. The molecule has 0 amide bonds. The second-order valence-electron chi connectivity index (χ2n) is 9.35. The highest BCUT2D eigenvalue weighted by Gasteiger charge is 2.25. The van der Waals surface area contributed by atoms with Gasteiger partial charge < -0.3 is 9.51 Å². The van der Waals surface area contributed by atoms with Gasteiger partial charge in [-0.05, 0) is 68.9 Å². The zero-order chi connectivity index (χ0) is 22.7. The predicted molar refractivity (Wildman–Crippen MR) is 125 cm³/mol. The van der Waals surface area contributed by atoms with Gasteiger partial charge in [-0.2, -0.15) is 0 Å². The number of ketones is 2. The molecule has 1 atom stereocenters. The lowest BCUT2D eigenvalue weighted by atomic mass is 9.83. The average molecular weight is 431 g/mol. The summed E-state index contributed by atoms with van der Waals surface area (Å²) in [7, 11) is 0. The molecule has 0 saturated carbocycles. The summed E-state index contributed by atoms with van der Waals surface area (Å²) in [5.74, 6) is -0.314. The molecule has 2 aromatic heterocycles. The lowest BCUT2D eigenvalue weighted by molar-refractivity contribution is -0.118. The van der Waals surface area contributed by atoms with Crippen LogP contribution in [0.4, 0.5) is 0 Å². The summed E-state index contributed by atoms with van der Waals surface area (Å²) < 4.78 is 2.01. The largest absolute Gasteiger partial charge is 0.390 e. The van der Waals surface area contributed by atoms with E-state index in [4.69, 9.17) is 0 Å². The first kappa shape index (κ1) is 22.2. The minimum atomic E-state index is -0.607. The van der Waals surface area contributed by atoms with Crippen LogP contribution in [0.25, 0.3) is 5.65 Å². The average Bonchev–Trinajstić information content (AvgIpc) is 3.16. The fraction of sp³-hybridized carbons (Fsp3) is 0.370. The molecule has 0 fully saturated rings. The number of carbonyl (C=O) groups excluding carboxylic acids is 2. The van der Waals surface area contributed by atoms with E-state index in [0.29, 0.717) is 18.4 Å². The second kappa shape index (κ2) is 9.21. The van der Waals surface area contributed by atoms with Gasteiger partial charge in [0.2, 0.25) is 0 Å². The lowest BCUT2D eigenvalue weighted by Crippen LogP contribution is -2.19. The first-order valence-electron chi connectivity index (χ1n) is 11.3. The number of aromatic nitrogens is 2. The van der Waals surface area contributed by atoms with Crippen molar-refractivity contribution in [1.29, 1.82) is 0 Å². The fourth-order valence-corrected chi connectivity index (χ4v) is 4.21. The Labute approximate surface area is 188 Å². The van der Waals surface area contributed by atoms with E-state index < -0.39 is 5.60 Å². The topological polar surface area (TPSA) is 71.7 Å². The van der Waals surface area contributed by atoms with E-state index in [1.807, 2.05) is 60.9 Å². The Morgan fingerprint density at radius 3 is 2.78 bits per heavy atom. The molecule has 32 heavy (non-hydrogen) atoms. The molecule has 0 spiro atoms. The van der Waals surface area contributed by atoms with Crippen molar-refractivity contribution in [3.05, 3.63) is 83.4 Å². The van der Waals surface area contributed by atoms with E-state index in [9.17, 15) is 14.7 Å². The smallest absolute Gasteiger partial charge is 0.167 e. The number of carbonyl (C=O) groups is 2. The van der Waals surface area contributed by atoms with Gasteiger partial charge in [-0.25, -0.2) is 4.98 Å². The highest BCUT2D eigenvalue weighted by molar-refractivity contribution is 6.09. The number of fused-ring (bicyclic) bond motifs is 2. The van der Waals surface area contributed by atoms with E-state index in [1.165, 1.54) is 11.6 Å². The van der Waals surface area contributed by atoms with Gasteiger partial charge in [0.1, 0.15) is 5.65 Å². The van der Waals surface area contributed by atoms with E-state index in [-0.39, 0.29) is 17.5 Å². The van der Waals surface area contributed by atoms with Crippen LogP contribution in [0, 0.1) is 5.92 Å². The van der Waals surface area contributed by atoms with Crippen molar-refractivity contribution in [3.63, 3.8) is 0 Å². The first-order chi connectivity index (χ1) is 15.3. The third kappa shape index (κ3) is 5.40. The number of allylic oxidation sites excluding steroid dienone is 8. The lowest BCUT2D eigenvalue weighted by Gasteiger charge is -2.19. The minimum Gasteiger partial charge on any atom is -0.390 e. The van der Waals surface area contributed by atoms with E-state index in [2.05, 4.69) is 17.2 Å². The van der Waals surface area contributed by atoms with Crippen molar-refractivity contribution in [2.24, 2.45) is 5.92 Å². The summed E-state index contributed by atoms with van der Waals surface area (Å²) >= 11 is 0. The van der Waals surface area contributed by atoms with Gasteiger partial charge in [0.05, 0.1) is 17.2 Å². The van der Waals surface area contributed by atoms with Crippen LogP contribution in [-0.2, 0) is 22.4 Å². The molecule has 0 saturated heterocycles. The van der Waals surface area contributed by atoms with Gasteiger partial charge >= 0.3 is 0 Å². The summed E-state index contributed by atoms with van der Waals surface area (Å²) in [6.07, 6.45) is 19.5. The number of Topliss-reactive ketones (excluding diaryl/α,β-unsaturated/α-hetero) is 1. The van der Waals surface area contributed by atoms with Crippen LogP contribution in [0.3, 0.4) is 0 Å². The highest BCUT2D eigenvalue weighted by Crippen LogP contribution is 2.27. The molecule has 5 heteroatoms. The molecule has 5 nitrogen and oxygen atoms in total. The Bertz CT molecular complexity index is 1160. The summed E-state index contributed by atoms with van der Waals surface area (Å²) in [6.45, 7) is 3.69. The molecule has 2 aliphatic carbocycles. The minimum absolute atomic E-state index is 0.0307. The normalized spacial score (nSPS) is 18.0. The maximum Gasteiger partial charge on any atom is 0.167 e. The van der Waals surface area contributed by atoms with Crippen molar-refractivity contribution in [1.82, 2.24) is 9.38 Å². The van der Waals surface area contributed by atoms with E-state index >= 15 is 0 Å². The Hall–Kier alpha value is -3.05. The number of imidazole rings is 1. The summed E-state index contributed by atoms with van der Waals surface area (Å²) in [4.78, 5) is 29.7. The van der Waals surface area contributed by atoms with Gasteiger partial charge in [0, 0.05) is 24.4 Å². The van der Waals surface area contributed by atoms with Crippen LogP contribution >= 0.6 is 0 Å². The third-order valence-corrected chi connectivity index (χ3v) is 5.99. The summed E-state index contributed by atoms with van der Waals surface area (Å²) in [5, 5.41) is 9.83. The number of pyridine rings is 1. The van der Waals surface area contributed by atoms with Gasteiger partial charge in [0.25, 0.3) is 0 Å². The van der Waals surface area contributed by atoms with Crippen molar-refractivity contribution < 1.29 is 14.7 Å². The molecule has 0 aromatic carbocycles. The molecular formula is C27H30N2O3. The van der Waals surface area contributed by atoms with Crippen LogP contribution in [0.5, 0.6) is 0 Å². The molecule has 0 aliphatic heterocycles. The van der Waals surface area contributed by atoms with Crippen molar-refractivity contribution >= 4 is 17.2 Å². The standard InChI is InChI=1S/C27H30N2O3/c1-27(2,32)14-6-5-7-19-10-13-26-28-22(18-29(26)17-19)11-12-24(30)21-15-20-8-3-4-9-23(20)25(31)16-21/h3-4,8-10,13,15-18,23,32H,5-7,11-12,14H2,1-2H3. The Kier molecular flexibility index (Phi) is 6.38. The zero-order valence-electron chi connectivity index (χ0n) is 18.8. The monoisotopic (exact) mass is 430 g/mol. The van der Waals surface area contributed by atoms with Crippen molar-refractivity contribution in [3.8, 4) is 0 Å². The molecule has 2 aromatic rings. The van der Waals surface area contributed by atoms with E-state index in [1.54, 1.807) is 0 Å². The number of aryl methyl sites for hydroxylation is 2. The number of rotatable bonds is 9. The van der Waals surface area contributed by atoms with Gasteiger partial charge in [-0.3, -0.25) is 9.59 Å². The van der Waals surface area contributed by atoms with Gasteiger partial charge in [-0.15, -0.1) is 0 Å². The Balaban J connectivity index is 1.35. The summed E-state index contributed by atoms with van der Waals surface area (Å²) in [6, 6.07) is 4.10. The van der Waals surface area contributed by atoms with Crippen LogP contribution in [0.15, 0.2) is 72.1 Å². The molecule has 2 aliphatic rings. The van der Waals surface area contributed by atoms with Gasteiger partial charge in [0.15, 0.2) is 11.6 Å². The number of unbranched alkanes of at least 4 members (excludes halogenated alkanes) is 1. The zero-order valence-corrected chi connectivity index (χ0v) is 18.8. The van der Waals surface area contributed by atoms with E-state index in [0.717, 1.165) is 42.6 Å². The molecule has 1 N–H and O–H groups in total. The number of nitrogens with zero attached hydrogens (tertiary/aromatic N) is 2. The molecule has 2 heterocycles.